The summed E-state index contributed by atoms with van der Waals surface area (Å²) in [4.78, 5) is 16.4. The van der Waals surface area contributed by atoms with Crippen LogP contribution in [0, 0.1) is 11.9 Å². The van der Waals surface area contributed by atoms with Gasteiger partial charge in [0.25, 0.3) is 0 Å². The van der Waals surface area contributed by atoms with Crippen LogP contribution in [0.25, 0.3) is 0 Å². The van der Waals surface area contributed by atoms with Gasteiger partial charge in [-0.3, -0.25) is 0 Å². The van der Waals surface area contributed by atoms with Gasteiger partial charge in [-0.25, -0.2) is 14.2 Å². The number of carbonyl (C=O) groups excluding carboxylic acids is 1. The van der Waals surface area contributed by atoms with E-state index < -0.39 is 18.1 Å². The molecule has 0 N–H and O–H groups in total. The van der Waals surface area contributed by atoms with Crippen molar-refractivity contribution in [2.24, 2.45) is 5.92 Å². The Bertz CT molecular complexity index is 436. The second-order valence-electron chi connectivity index (χ2n) is 4.16. The van der Waals surface area contributed by atoms with Crippen molar-refractivity contribution in [3.63, 3.8) is 0 Å². The Morgan fingerprint density at radius 2 is 2.39 bits per heavy atom. The zero-order valence-corrected chi connectivity index (χ0v) is 9.97. The summed E-state index contributed by atoms with van der Waals surface area (Å²) in [7, 11) is 0. The minimum atomic E-state index is -1.60. The molecule has 0 amide bonds. The quantitative estimate of drug-likeness (QED) is 0.605. The Balaban J connectivity index is 1.88. The Morgan fingerprint density at radius 3 is 3.00 bits per heavy atom. The van der Waals surface area contributed by atoms with Crippen molar-refractivity contribution in [2.75, 3.05) is 24.6 Å². The highest BCUT2D eigenvalue weighted by molar-refractivity contribution is 5.75. The highest BCUT2D eigenvalue weighted by atomic mass is 19.1. The summed E-state index contributed by atoms with van der Waals surface area (Å²) in [6.45, 7) is 2.57. The van der Waals surface area contributed by atoms with Crippen molar-refractivity contribution >= 4 is 11.7 Å². The lowest BCUT2D eigenvalue weighted by atomic mass is 9.94. The van der Waals surface area contributed by atoms with Crippen molar-refractivity contribution in [1.82, 2.24) is 4.98 Å². The summed E-state index contributed by atoms with van der Waals surface area (Å²) in [5.74, 6) is -1.78. The molecule has 4 nitrogen and oxygen atoms in total. The number of nitrogens with zero attached hydrogens (tertiary/aromatic N) is 2. The fourth-order valence-electron chi connectivity index (χ4n) is 1.91. The summed E-state index contributed by atoms with van der Waals surface area (Å²) in [6.07, 6.45) is -0.246. The Labute approximate surface area is 104 Å². The average molecular weight is 256 g/mol. The number of esters is 1. The van der Waals surface area contributed by atoms with Gasteiger partial charge in [0.1, 0.15) is 0 Å². The van der Waals surface area contributed by atoms with Crippen LogP contribution in [-0.4, -0.2) is 36.8 Å². The summed E-state index contributed by atoms with van der Waals surface area (Å²) in [5, 5.41) is 0. The predicted molar refractivity (Wildman–Crippen MR) is 61.4 cm³/mol. The molecule has 0 aliphatic carbocycles. The second-order valence-corrected chi connectivity index (χ2v) is 4.16. The first-order valence-corrected chi connectivity index (χ1v) is 5.79. The minimum absolute atomic E-state index is 0.172. The zero-order valence-electron chi connectivity index (χ0n) is 9.97. The van der Waals surface area contributed by atoms with E-state index in [-0.39, 0.29) is 12.5 Å². The van der Waals surface area contributed by atoms with Crippen LogP contribution in [0.5, 0.6) is 0 Å². The number of anilines is 1. The molecule has 98 valence electrons. The van der Waals surface area contributed by atoms with Crippen LogP contribution in [0.15, 0.2) is 18.3 Å². The van der Waals surface area contributed by atoms with Gasteiger partial charge >= 0.3 is 5.97 Å². The normalized spacial score (nSPS) is 17.2. The van der Waals surface area contributed by atoms with Crippen LogP contribution in [0.2, 0.25) is 0 Å². The van der Waals surface area contributed by atoms with Crippen molar-refractivity contribution in [2.45, 2.75) is 13.1 Å². The molecule has 0 bridgehead atoms. The summed E-state index contributed by atoms with van der Waals surface area (Å²) in [5.41, 5.74) is 0.648. The number of hydrogen-bond donors (Lipinski definition) is 0. The maximum absolute atomic E-state index is 13.6. The Hall–Kier alpha value is -1.72. The van der Waals surface area contributed by atoms with Crippen molar-refractivity contribution in [3.05, 3.63) is 24.3 Å². The largest absolute Gasteiger partial charge is 0.464 e. The number of rotatable bonds is 4. The number of pyridine rings is 1. The van der Waals surface area contributed by atoms with Crippen LogP contribution < -0.4 is 4.90 Å². The Kier molecular flexibility index (Phi) is 3.74. The molecule has 1 saturated heterocycles. The fraction of sp³-hybridized carbons (Fsp3) is 0.500. The van der Waals surface area contributed by atoms with Crippen LogP contribution in [0.3, 0.4) is 0 Å². The van der Waals surface area contributed by atoms with Gasteiger partial charge in [-0.1, -0.05) is 0 Å². The van der Waals surface area contributed by atoms with Gasteiger partial charge in [0.05, 0.1) is 6.61 Å². The van der Waals surface area contributed by atoms with Gasteiger partial charge in [0.15, 0.2) is 0 Å². The first-order chi connectivity index (χ1) is 8.61. The van der Waals surface area contributed by atoms with E-state index in [9.17, 15) is 13.6 Å². The third-order valence-corrected chi connectivity index (χ3v) is 2.91. The molecule has 0 saturated carbocycles. The van der Waals surface area contributed by atoms with Gasteiger partial charge in [0.2, 0.25) is 12.1 Å². The third kappa shape index (κ3) is 2.57. The maximum atomic E-state index is 13.6. The van der Waals surface area contributed by atoms with Gasteiger partial charge < -0.3 is 9.64 Å². The average Bonchev–Trinajstić information content (AvgIpc) is 2.27. The number of carbonyl (C=O) groups is 1. The first kappa shape index (κ1) is 12.7. The molecular weight excluding hydrogens is 242 g/mol. The van der Waals surface area contributed by atoms with E-state index in [0.717, 1.165) is 0 Å². The molecule has 0 spiro atoms. The number of halogens is 2. The summed E-state index contributed by atoms with van der Waals surface area (Å²) < 4.78 is 31.1. The molecule has 1 aromatic heterocycles. The lowest BCUT2D eigenvalue weighted by Gasteiger charge is -2.41. The molecule has 18 heavy (non-hydrogen) atoms. The molecule has 2 rings (SSSR count). The van der Waals surface area contributed by atoms with Gasteiger partial charge in [0, 0.05) is 37.0 Å². The lowest BCUT2D eigenvalue weighted by Crippen LogP contribution is -2.53. The zero-order chi connectivity index (χ0) is 13.1. The molecule has 1 atom stereocenters. The first-order valence-electron chi connectivity index (χ1n) is 5.79. The minimum Gasteiger partial charge on any atom is -0.464 e. The predicted octanol–water partition coefficient (Wildman–Crippen LogP) is 1.56. The number of ether oxygens (including phenoxy) is 1. The van der Waals surface area contributed by atoms with E-state index in [4.69, 9.17) is 0 Å². The molecule has 0 aromatic carbocycles. The maximum Gasteiger partial charge on any atom is 0.341 e. The van der Waals surface area contributed by atoms with E-state index >= 15 is 0 Å². The molecule has 1 aliphatic rings. The molecule has 0 radical (unpaired) electrons. The van der Waals surface area contributed by atoms with Crippen LogP contribution >= 0.6 is 0 Å². The van der Waals surface area contributed by atoms with E-state index in [1.807, 2.05) is 0 Å². The smallest absolute Gasteiger partial charge is 0.341 e. The molecule has 1 aromatic rings. The van der Waals surface area contributed by atoms with E-state index in [1.165, 1.54) is 12.3 Å². The molecular formula is C12H14F2N2O2. The van der Waals surface area contributed by atoms with Crippen molar-refractivity contribution in [3.8, 4) is 0 Å². The molecule has 1 aliphatic heterocycles. The third-order valence-electron chi connectivity index (χ3n) is 2.91. The fourth-order valence-corrected chi connectivity index (χ4v) is 1.91. The number of alkyl halides is 1. The number of hydrogen-bond acceptors (Lipinski definition) is 4. The number of aromatic nitrogens is 1. The van der Waals surface area contributed by atoms with E-state index in [2.05, 4.69) is 9.72 Å². The van der Waals surface area contributed by atoms with Gasteiger partial charge in [-0.15, -0.1) is 0 Å². The van der Waals surface area contributed by atoms with Crippen LogP contribution in [-0.2, 0) is 9.53 Å². The van der Waals surface area contributed by atoms with Crippen LogP contribution in [0.4, 0.5) is 14.5 Å². The molecule has 1 fully saturated rings. The molecule has 2 heterocycles. The molecule has 1 unspecified atom stereocenters. The van der Waals surface area contributed by atoms with Gasteiger partial charge in [-0.05, 0) is 13.0 Å². The highest BCUT2D eigenvalue weighted by Gasteiger charge is 2.38. The standard InChI is InChI=1S/C12H14F2N2O2/c1-2-18-12(17)11(14)8-6-16(7-8)9-3-4-15-10(13)5-9/h3-5,8,11H,2,6-7H2,1H3. The Morgan fingerprint density at radius 1 is 1.67 bits per heavy atom. The molecule has 6 heteroatoms. The van der Waals surface area contributed by atoms with Crippen molar-refractivity contribution in [1.29, 1.82) is 0 Å². The van der Waals surface area contributed by atoms with Crippen molar-refractivity contribution < 1.29 is 18.3 Å². The topological polar surface area (TPSA) is 42.4 Å². The van der Waals surface area contributed by atoms with E-state index in [1.54, 1.807) is 17.9 Å². The summed E-state index contributed by atoms with van der Waals surface area (Å²) in [6, 6.07) is 2.94. The van der Waals surface area contributed by atoms with Gasteiger partial charge in [-0.2, -0.15) is 4.39 Å². The summed E-state index contributed by atoms with van der Waals surface area (Å²) >= 11 is 0. The van der Waals surface area contributed by atoms with E-state index in [0.29, 0.717) is 18.8 Å². The second kappa shape index (κ2) is 5.29. The lowest BCUT2D eigenvalue weighted by molar-refractivity contribution is -0.151. The highest BCUT2D eigenvalue weighted by Crippen LogP contribution is 2.28. The van der Waals surface area contributed by atoms with Crippen LogP contribution in [0.1, 0.15) is 6.92 Å². The SMILES string of the molecule is CCOC(=O)C(F)C1CN(c2ccnc(F)c2)C1. The monoisotopic (exact) mass is 256 g/mol.